The molecular formula is C22H24ClN7S. The molecule has 0 radical (unpaired) electrons. The minimum absolute atomic E-state index is 0.0383. The second kappa shape index (κ2) is 7.85. The van der Waals surface area contributed by atoms with Gasteiger partial charge in [0.25, 0.3) is 0 Å². The van der Waals surface area contributed by atoms with Gasteiger partial charge in [-0.25, -0.2) is 9.97 Å². The molecule has 0 amide bonds. The van der Waals surface area contributed by atoms with Crippen LogP contribution in [0, 0.1) is 5.41 Å². The van der Waals surface area contributed by atoms with Gasteiger partial charge in [-0.3, -0.25) is 4.98 Å². The third-order valence-corrected chi connectivity index (χ3v) is 8.08. The average molecular weight is 454 g/mol. The van der Waals surface area contributed by atoms with Crippen molar-refractivity contribution in [3.63, 3.8) is 0 Å². The van der Waals surface area contributed by atoms with Crippen LogP contribution in [-0.4, -0.2) is 28.0 Å². The first-order chi connectivity index (χ1) is 15.0. The summed E-state index contributed by atoms with van der Waals surface area (Å²) in [6.07, 6.45) is 6.56. The number of aromatic nitrogens is 3. The van der Waals surface area contributed by atoms with E-state index in [1.165, 1.54) is 17.3 Å². The SMILES string of the molecule is Nc1cccc(Sc2ncc(N3CCC4(CC3)Cc3ncccc3C4N)nc2N)c1Cl. The lowest BCUT2D eigenvalue weighted by molar-refractivity contribution is 0.186. The first kappa shape index (κ1) is 20.4. The third kappa shape index (κ3) is 3.58. The van der Waals surface area contributed by atoms with Gasteiger partial charge < -0.3 is 22.1 Å². The number of hydrogen-bond donors (Lipinski definition) is 3. The van der Waals surface area contributed by atoms with Crippen LogP contribution in [0.2, 0.25) is 5.02 Å². The molecule has 9 heteroatoms. The summed E-state index contributed by atoms with van der Waals surface area (Å²) < 4.78 is 0. The summed E-state index contributed by atoms with van der Waals surface area (Å²) in [5.74, 6) is 1.17. The van der Waals surface area contributed by atoms with E-state index in [4.69, 9.17) is 28.8 Å². The number of piperidine rings is 1. The lowest BCUT2D eigenvalue weighted by Gasteiger charge is -2.42. The minimum Gasteiger partial charge on any atom is -0.397 e. The Hall–Kier alpha value is -2.55. The topological polar surface area (TPSA) is 120 Å². The number of hydrogen-bond acceptors (Lipinski definition) is 8. The molecule has 160 valence electrons. The van der Waals surface area contributed by atoms with Crippen molar-refractivity contribution in [2.24, 2.45) is 11.1 Å². The highest BCUT2D eigenvalue weighted by atomic mass is 35.5. The number of nitrogens with two attached hydrogens (primary N) is 3. The molecule has 31 heavy (non-hydrogen) atoms. The number of nitrogen functional groups attached to an aromatic ring is 2. The number of nitrogens with zero attached hydrogens (tertiary/aromatic N) is 4. The van der Waals surface area contributed by atoms with E-state index in [1.54, 1.807) is 12.3 Å². The van der Waals surface area contributed by atoms with E-state index in [1.807, 2.05) is 24.4 Å². The Morgan fingerprint density at radius 1 is 1.10 bits per heavy atom. The highest BCUT2D eigenvalue weighted by Crippen LogP contribution is 2.50. The molecule has 1 aliphatic heterocycles. The van der Waals surface area contributed by atoms with E-state index in [9.17, 15) is 0 Å². The Kier molecular flexibility index (Phi) is 5.16. The first-order valence-electron chi connectivity index (χ1n) is 10.3. The third-order valence-electron chi connectivity index (χ3n) is 6.47. The molecule has 7 nitrogen and oxygen atoms in total. The number of rotatable bonds is 3. The fourth-order valence-corrected chi connectivity index (χ4v) is 5.71. The molecule has 2 aromatic heterocycles. The zero-order chi connectivity index (χ0) is 21.6. The zero-order valence-electron chi connectivity index (χ0n) is 17.0. The minimum atomic E-state index is 0.0383. The van der Waals surface area contributed by atoms with Gasteiger partial charge in [0.2, 0.25) is 0 Å². The molecule has 1 fully saturated rings. The van der Waals surface area contributed by atoms with Crippen molar-refractivity contribution in [1.29, 1.82) is 0 Å². The molecular weight excluding hydrogens is 430 g/mol. The maximum absolute atomic E-state index is 6.65. The molecule has 2 aliphatic rings. The van der Waals surface area contributed by atoms with Crippen LogP contribution in [0.1, 0.15) is 30.1 Å². The molecule has 1 saturated heterocycles. The molecule has 0 bridgehead atoms. The summed E-state index contributed by atoms with van der Waals surface area (Å²) in [5.41, 5.74) is 21.7. The van der Waals surface area contributed by atoms with Crippen LogP contribution < -0.4 is 22.1 Å². The van der Waals surface area contributed by atoms with Crippen LogP contribution in [-0.2, 0) is 6.42 Å². The second-order valence-electron chi connectivity index (χ2n) is 8.22. The maximum atomic E-state index is 6.65. The summed E-state index contributed by atoms with van der Waals surface area (Å²) in [4.78, 5) is 16.8. The number of pyridine rings is 1. The van der Waals surface area contributed by atoms with E-state index in [0.29, 0.717) is 21.6 Å². The van der Waals surface area contributed by atoms with Crippen LogP contribution in [0.15, 0.2) is 52.6 Å². The number of anilines is 3. The standard InChI is InChI=1S/C22H24ClN7S/c23-18-14(24)4-1-5-16(18)31-21-20(26)29-17(12-28-21)30-9-6-22(7-10-30)11-15-13(19(22)25)3-2-8-27-15/h1-5,8,12,19H,6-7,9-11,24-25H2,(H2,26,29). The summed E-state index contributed by atoms with van der Waals surface area (Å²) in [6.45, 7) is 1.73. The molecule has 1 aromatic carbocycles. The fourth-order valence-electron chi connectivity index (χ4n) is 4.65. The lowest BCUT2D eigenvalue weighted by atomic mass is 9.73. The van der Waals surface area contributed by atoms with E-state index < -0.39 is 0 Å². The monoisotopic (exact) mass is 453 g/mol. The van der Waals surface area contributed by atoms with Gasteiger partial charge in [0, 0.05) is 35.9 Å². The smallest absolute Gasteiger partial charge is 0.158 e. The van der Waals surface area contributed by atoms with Gasteiger partial charge >= 0.3 is 0 Å². The number of benzene rings is 1. The molecule has 1 aliphatic carbocycles. The molecule has 6 N–H and O–H groups in total. The Morgan fingerprint density at radius 3 is 2.65 bits per heavy atom. The van der Waals surface area contributed by atoms with Crippen LogP contribution in [0.5, 0.6) is 0 Å². The van der Waals surface area contributed by atoms with E-state index in [-0.39, 0.29) is 11.5 Å². The van der Waals surface area contributed by atoms with E-state index >= 15 is 0 Å². The maximum Gasteiger partial charge on any atom is 0.158 e. The van der Waals surface area contributed by atoms with Crippen LogP contribution in [0.3, 0.4) is 0 Å². The van der Waals surface area contributed by atoms with Gasteiger partial charge in [-0.05, 0) is 48.4 Å². The summed E-state index contributed by atoms with van der Waals surface area (Å²) in [5, 5.41) is 1.12. The summed E-state index contributed by atoms with van der Waals surface area (Å²) >= 11 is 7.66. The zero-order valence-corrected chi connectivity index (χ0v) is 18.5. The van der Waals surface area contributed by atoms with Crippen molar-refractivity contribution in [3.8, 4) is 0 Å². The van der Waals surface area contributed by atoms with Crippen molar-refractivity contribution < 1.29 is 0 Å². The van der Waals surface area contributed by atoms with Gasteiger partial charge in [-0.15, -0.1) is 0 Å². The Labute approximate surface area is 190 Å². The predicted octanol–water partition coefficient (Wildman–Crippen LogP) is 3.68. The van der Waals surface area contributed by atoms with Crippen molar-refractivity contribution in [2.75, 3.05) is 29.5 Å². The normalized spacial score (nSPS) is 19.5. The molecule has 1 atom stereocenters. The second-order valence-corrected chi connectivity index (χ2v) is 9.63. The quantitative estimate of drug-likeness (QED) is 0.513. The van der Waals surface area contributed by atoms with Gasteiger partial charge in [0.05, 0.1) is 16.9 Å². The molecule has 3 heterocycles. The Balaban J connectivity index is 1.29. The van der Waals surface area contributed by atoms with Crippen LogP contribution in [0.25, 0.3) is 0 Å². The van der Waals surface area contributed by atoms with Gasteiger partial charge in [-0.2, -0.15) is 0 Å². The van der Waals surface area contributed by atoms with Crippen molar-refractivity contribution in [1.82, 2.24) is 15.0 Å². The average Bonchev–Trinajstić information content (AvgIpc) is 3.05. The van der Waals surface area contributed by atoms with Gasteiger partial charge in [-0.1, -0.05) is 35.5 Å². The van der Waals surface area contributed by atoms with Crippen molar-refractivity contribution in [3.05, 3.63) is 59.0 Å². The Bertz CT molecular complexity index is 1130. The molecule has 5 rings (SSSR count). The molecule has 3 aromatic rings. The van der Waals surface area contributed by atoms with E-state index in [0.717, 1.165) is 48.8 Å². The lowest BCUT2D eigenvalue weighted by Crippen LogP contribution is -2.44. The molecule has 1 spiro atoms. The van der Waals surface area contributed by atoms with Crippen LogP contribution >= 0.6 is 23.4 Å². The van der Waals surface area contributed by atoms with Crippen molar-refractivity contribution >= 4 is 40.7 Å². The molecule has 1 unspecified atom stereocenters. The Morgan fingerprint density at radius 2 is 1.90 bits per heavy atom. The molecule has 0 saturated carbocycles. The van der Waals surface area contributed by atoms with E-state index in [2.05, 4.69) is 25.9 Å². The summed E-state index contributed by atoms with van der Waals surface area (Å²) in [6, 6.07) is 9.63. The summed E-state index contributed by atoms with van der Waals surface area (Å²) in [7, 11) is 0. The fraction of sp³-hybridized carbons (Fsp3) is 0.318. The van der Waals surface area contributed by atoms with Gasteiger partial charge in [0.1, 0.15) is 10.8 Å². The van der Waals surface area contributed by atoms with Crippen LogP contribution in [0.4, 0.5) is 17.3 Å². The number of halogens is 1. The highest BCUT2D eigenvalue weighted by Gasteiger charge is 2.46. The highest BCUT2D eigenvalue weighted by molar-refractivity contribution is 7.99. The first-order valence-corrected chi connectivity index (χ1v) is 11.4. The van der Waals surface area contributed by atoms with Crippen molar-refractivity contribution in [2.45, 2.75) is 35.2 Å². The number of fused-ring (bicyclic) bond motifs is 1. The predicted molar refractivity (Wildman–Crippen MR) is 125 cm³/mol. The van der Waals surface area contributed by atoms with Gasteiger partial charge in [0.15, 0.2) is 5.82 Å². The largest absolute Gasteiger partial charge is 0.397 e.